The van der Waals surface area contributed by atoms with E-state index in [4.69, 9.17) is 0 Å². The number of aromatic nitrogens is 1. The minimum absolute atomic E-state index is 0.175. The predicted octanol–water partition coefficient (Wildman–Crippen LogP) is 2.70. The van der Waals surface area contributed by atoms with Gasteiger partial charge in [-0.25, -0.2) is 0 Å². The molecule has 1 aliphatic carbocycles. The third-order valence-corrected chi connectivity index (χ3v) is 4.01. The molecule has 0 radical (unpaired) electrons. The van der Waals surface area contributed by atoms with Gasteiger partial charge in [0.2, 0.25) is 0 Å². The number of hydrogen-bond acceptors (Lipinski definition) is 2. The molecule has 0 aliphatic heterocycles. The molecule has 1 aliphatic rings. The number of benzene rings is 1. The van der Waals surface area contributed by atoms with Gasteiger partial charge in [-0.1, -0.05) is 42.5 Å². The molecule has 0 saturated heterocycles. The molecule has 0 spiro atoms. The van der Waals surface area contributed by atoms with Gasteiger partial charge in [-0.15, -0.1) is 0 Å². The Hall–Kier alpha value is -2.62. The molecule has 0 unspecified atom stereocenters. The van der Waals surface area contributed by atoms with Crippen LogP contribution in [0.15, 0.2) is 59.5 Å². The van der Waals surface area contributed by atoms with Gasteiger partial charge in [0, 0.05) is 25.8 Å². The highest BCUT2D eigenvalue weighted by atomic mass is 16.2. The molecule has 1 heterocycles. The first-order chi connectivity index (χ1) is 11.2. The fraction of sp³-hybridized carbons (Fsp3) is 0.263. The minimum Gasteiger partial charge on any atom is -0.332 e. The van der Waals surface area contributed by atoms with Crippen molar-refractivity contribution in [3.8, 4) is 0 Å². The van der Waals surface area contributed by atoms with Crippen LogP contribution in [0.5, 0.6) is 0 Å². The topological polar surface area (TPSA) is 42.3 Å². The molecule has 1 amide bonds. The molecular weight excluding hydrogens is 288 g/mol. The van der Waals surface area contributed by atoms with Gasteiger partial charge in [-0.3, -0.25) is 9.59 Å². The fourth-order valence-corrected chi connectivity index (χ4v) is 2.57. The highest BCUT2D eigenvalue weighted by molar-refractivity contribution is 5.94. The SMILES string of the molecule is Cn1cccc(C(=O)N(CC=Cc2ccccc2)C2CC2)c1=O. The Kier molecular flexibility index (Phi) is 4.42. The zero-order chi connectivity index (χ0) is 16.2. The molecule has 118 valence electrons. The van der Waals surface area contributed by atoms with E-state index in [0.29, 0.717) is 6.54 Å². The minimum atomic E-state index is -0.241. The maximum atomic E-state index is 12.7. The quantitative estimate of drug-likeness (QED) is 0.852. The van der Waals surface area contributed by atoms with Crippen molar-refractivity contribution in [2.75, 3.05) is 6.54 Å². The van der Waals surface area contributed by atoms with Crippen LogP contribution < -0.4 is 5.56 Å². The Balaban J connectivity index is 1.77. The summed E-state index contributed by atoms with van der Waals surface area (Å²) in [5.74, 6) is -0.175. The van der Waals surface area contributed by atoms with Crippen LogP contribution >= 0.6 is 0 Å². The second-order valence-corrected chi connectivity index (χ2v) is 5.84. The lowest BCUT2D eigenvalue weighted by molar-refractivity contribution is 0.0760. The summed E-state index contributed by atoms with van der Waals surface area (Å²) in [4.78, 5) is 26.7. The Bertz CT molecular complexity index is 773. The van der Waals surface area contributed by atoms with Gasteiger partial charge in [0.05, 0.1) is 0 Å². The van der Waals surface area contributed by atoms with Crippen molar-refractivity contribution < 1.29 is 4.79 Å². The van der Waals surface area contributed by atoms with Crippen molar-refractivity contribution in [3.63, 3.8) is 0 Å². The van der Waals surface area contributed by atoms with Crippen molar-refractivity contribution in [2.24, 2.45) is 7.05 Å². The smallest absolute Gasteiger partial charge is 0.263 e. The lowest BCUT2D eigenvalue weighted by atomic mass is 10.2. The molecule has 23 heavy (non-hydrogen) atoms. The van der Waals surface area contributed by atoms with E-state index >= 15 is 0 Å². The van der Waals surface area contributed by atoms with Crippen LogP contribution in [0.3, 0.4) is 0 Å². The first kappa shape index (κ1) is 15.3. The van der Waals surface area contributed by atoms with Gasteiger partial charge in [0.15, 0.2) is 0 Å². The third-order valence-electron chi connectivity index (χ3n) is 4.01. The average Bonchev–Trinajstić information content (AvgIpc) is 3.39. The number of pyridine rings is 1. The number of amides is 1. The zero-order valence-corrected chi connectivity index (χ0v) is 13.2. The Morgan fingerprint density at radius 2 is 1.96 bits per heavy atom. The molecule has 4 heteroatoms. The molecule has 3 rings (SSSR count). The first-order valence-electron chi connectivity index (χ1n) is 7.85. The number of rotatable bonds is 5. The third kappa shape index (κ3) is 3.59. The summed E-state index contributed by atoms with van der Waals surface area (Å²) in [6.45, 7) is 0.524. The lowest BCUT2D eigenvalue weighted by Crippen LogP contribution is -2.37. The van der Waals surface area contributed by atoms with Crippen LogP contribution in [0.25, 0.3) is 6.08 Å². The van der Waals surface area contributed by atoms with Gasteiger partial charge in [0.25, 0.3) is 11.5 Å². The number of carbonyl (C=O) groups excluding carboxylic acids is 1. The normalized spacial score (nSPS) is 14.1. The van der Waals surface area contributed by atoms with Crippen LogP contribution in [0.2, 0.25) is 0 Å². The first-order valence-corrected chi connectivity index (χ1v) is 7.85. The van der Waals surface area contributed by atoms with Crippen LogP contribution in [0.4, 0.5) is 0 Å². The molecule has 2 aromatic rings. The summed E-state index contributed by atoms with van der Waals surface area (Å²) in [7, 11) is 1.66. The molecule has 4 nitrogen and oxygen atoms in total. The molecular formula is C19H20N2O2. The number of aryl methyl sites for hydroxylation is 1. The Morgan fingerprint density at radius 1 is 1.22 bits per heavy atom. The van der Waals surface area contributed by atoms with Crippen molar-refractivity contribution in [1.82, 2.24) is 9.47 Å². The number of hydrogen-bond donors (Lipinski definition) is 0. The summed E-state index contributed by atoms with van der Waals surface area (Å²) in [6, 6.07) is 13.6. The predicted molar refractivity (Wildman–Crippen MR) is 91.2 cm³/mol. The van der Waals surface area contributed by atoms with E-state index in [0.717, 1.165) is 18.4 Å². The summed E-state index contributed by atoms with van der Waals surface area (Å²) in [6.07, 6.45) is 7.68. The number of carbonyl (C=O) groups is 1. The Labute approximate surface area is 135 Å². The van der Waals surface area contributed by atoms with Crippen LogP contribution in [-0.4, -0.2) is 28.0 Å². The second-order valence-electron chi connectivity index (χ2n) is 5.84. The molecule has 1 aromatic carbocycles. The maximum absolute atomic E-state index is 12.7. The Morgan fingerprint density at radius 3 is 2.65 bits per heavy atom. The highest BCUT2D eigenvalue weighted by Gasteiger charge is 2.33. The monoisotopic (exact) mass is 308 g/mol. The van der Waals surface area contributed by atoms with Gasteiger partial charge in [-0.05, 0) is 30.5 Å². The van der Waals surface area contributed by atoms with Gasteiger partial charge in [0.1, 0.15) is 5.56 Å². The van der Waals surface area contributed by atoms with E-state index in [1.165, 1.54) is 4.57 Å². The van der Waals surface area contributed by atoms with Gasteiger partial charge < -0.3 is 9.47 Å². The average molecular weight is 308 g/mol. The molecule has 1 aromatic heterocycles. The van der Waals surface area contributed by atoms with Crippen LogP contribution in [0.1, 0.15) is 28.8 Å². The number of nitrogens with zero attached hydrogens (tertiary/aromatic N) is 2. The summed E-state index contributed by atoms with van der Waals surface area (Å²) < 4.78 is 1.44. The van der Waals surface area contributed by atoms with E-state index in [2.05, 4.69) is 0 Å². The van der Waals surface area contributed by atoms with E-state index < -0.39 is 0 Å². The van der Waals surface area contributed by atoms with Gasteiger partial charge >= 0.3 is 0 Å². The van der Waals surface area contributed by atoms with E-state index in [9.17, 15) is 9.59 Å². The van der Waals surface area contributed by atoms with E-state index in [1.807, 2.05) is 42.5 Å². The van der Waals surface area contributed by atoms with Crippen molar-refractivity contribution in [3.05, 3.63) is 76.2 Å². The van der Waals surface area contributed by atoms with Crippen LogP contribution in [-0.2, 0) is 7.05 Å². The van der Waals surface area contributed by atoms with Gasteiger partial charge in [-0.2, -0.15) is 0 Å². The molecule has 0 N–H and O–H groups in total. The standard InChI is InChI=1S/C19H20N2O2/c1-20-13-6-10-17(18(20)22)19(23)21(16-11-12-16)14-5-9-15-7-3-2-4-8-15/h2-10,13,16H,11-12,14H2,1H3. The van der Waals surface area contributed by atoms with E-state index in [1.54, 1.807) is 30.3 Å². The summed E-state index contributed by atoms with van der Waals surface area (Å²) in [5, 5.41) is 0. The molecule has 0 bridgehead atoms. The zero-order valence-electron chi connectivity index (χ0n) is 13.2. The summed E-state index contributed by atoms with van der Waals surface area (Å²) >= 11 is 0. The lowest BCUT2D eigenvalue weighted by Gasteiger charge is -2.20. The summed E-state index contributed by atoms with van der Waals surface area (Å²) in [5.41, 5.74) is 1.11. The molecule has 0 atom stereocenters. The largest absolute Gasteiger partial charge is 0.332 e. The van der Waals surface area contributed by atoms with Crippen LogP contribution in [0, 0.1) is 0 Å². The second kappa shape index (κ2) is 6.65. The van der Waals surface area contributed by atoms with Crippen molar-refractivity contribution >= 4 is 12.0 Å². The highest BCUT2D eigenvalue weighted by Crippen LogP contribution is 2.27. The molecule has 1 saturated carbocycles. The fourth-order valence-electron chi connectivity index (χ4n) is 2.57. The molecule has 1 fully saturated rings. The maximum Gasteiger partial charge on any atom is 0.263 e. The van der Waals surface area contributed by atoms with Crippen molar-refractivity contribution in [2.45, 2.75) is 18.9 Å². The van der Waals surface area contributed by atoms with Crippen molar-refractivity contribution in [1.29, 1.82) is 0 Å². The van der Waals surface area contributed by atoms with E-state index in [-0.39, 0.29) is 23.1 Å².